The third-order valence-electron chi connectivity index (χ3n) is 3.96. The van der Waals surface area contributed by atoms with Crippen molar-refractivity contribution in [3.05, 3.63) is 29.3 Å². The molecule has 0 aromatic heterocycles. The summed E-state index contributed by atoms with van der Waals surface area (Å²) in [5.74, 6) is -0.862. The van der Waals surface area contributed by atoms with Crippen LogP contribution in [0.25, 0.3) is 0 Å². The van der Waals surface area contributed by atoms with E-state index in [1.165, 1.54) is 0 Å². The molecule has 0 spiro atoms. The molecule has 4 heteroatoms. The van der Waals surface area contributed by atoms with Gasteiger partial charge in [0.25, 0.3) is 0 Å². The van der Waals surface area contributed by atoms with Crippen LogP contribution in [0.5, 0.6) is 0 Å². The van der Waals surface area contributed by atoms with E-state index in [1.807, 2.05) is 13.0 Å². The third kappa shape index (κ3) is 2.89. The Morgan fingerprint density at radius 3 is 2.68 bits per heavy atom. The number of nitrogens with zero attached hydrogens (tertiary/aromatic N) is 2. The van der Waals surface area contributed by atoms with Gasteiger partial charge in [-0.25, -0.2) is 4.79 Å². The zero-order valence-electron chi connectivity index (χ0n) is 11.9. The maximum absolute atomic E-state index is 11.0. The first kappa shape index (κ1) is 13.9. The monoisotopic (exact) mass is 262 g/mol. The lowest BCUT2D eigenvalue weighted by Crippen LogP contribution is -2.51. The summed E-state index contributed by atoms with van der Waals surface area (Å²) in [5.41, 5.74) is 2.56. The van der Waals surface area contributed by atoms with Crippen LogP contribution in [-0.4, -0.2) is 48.2 Å². The van der Waals surface area contributed by atoms with Gasteiger partial charge in [0.2, 0.25) is 0 Å². The number of hydrogen-bond donors (Lipinski definition) is 1. The van der Waals surface area contributed by atoms with Crippen molar-refractivity contribution in [2.24, 2.45) is 0 Å². The predicted molar refractivity (Wildman–Crippen MR) is 77.1 cm³/mol. The van der Waals surface area contributed by atoms with Gasteiger partial charge in [0.1, 0.15) is 0 Å². The van der Waals surface area contributed by atoms with E-state index >= 15 is 0 Å². The average Bonchev–Trinajstić information content (AvgIpc) is 2.38. The van der Waals surface area contributed by atoms with Crippen molar-refractivity contribution in [1.82, 2.24) is 4.90 Å². The number of benzene rings is 1. The highest BCUT2D eigenvalue weighted by Gasteiger charge is 2.23. The van der Waals surface area contributed by atoms with Crippen molar-refractivity contribution >= 4 is 11.7 Å². The Hall–Kier alpha value is -1.55. The number of piperazine rings is 1. The molecular formula is C15H22N2O2. The number of carbonyl (C=O) groups is 1. The minimum absolute atomic E-state index is 0.362. The van der Waals surface area contributed by atoms with Crippen LogP contribution in [0, 0.1) is 6.92 Å². The molecule has 0 amide bonds. The second-order valence-corrected chi connectivity index (χ2v) is 5.23. The van der Waals surface area contributed by atoms with Crippen LogP contribution < -0.4 is 4.90 Å². The molecule has 1 unspecified atom stereocenters. The molecule has 19 heavy (non-hydrogen) atoms. The molecule has 1 N–H and O–H groups in total. The molecule has 1 aliphatic rings. The lowest BCUT2D eigenvalue weighted by Gasteiger charge is -2.41. The Balaban J connectivity index is 2.17. The van der Waals surface area contributed by atoms with Crippen molar-refractivity contribution in [3.8, 4) is 0 Å². The number of rotatable bonds is 3. The van der Waals surface area contributed by atoms with Crippen LogP contribution >= 0.6 is 0 Å². The Morgan fingerprint density at radius 1 is 1.42 bits per heavy atom. The van der Waals surface area contributed by atoms with Crippen molar-refractivity contribution < 1.29 is 9.90 Å². The molecule has 1 aromatic carbocycles. The highest BCUT2D eigenvalue weighted by molar-refractivity contribution is 5.88. The van der Waals surface area contributed by atoms with Crippen LogP contribution in [-0.2, 0) is 0 Å². The smallest absolute Gasteiger partial charge is 0.335 e. The number of anilines is 1. The molecular weight excluding hydrogens is 240 g/mol. The fraction of sp³-hybridized carbons (Fsp3) is 0.533. The molecule has 2 rings (SSSR count). The SMILES string of the molecule is CCN1CCN(c2ccc(C(=O)O)cc2C)CC1C. The maximum atomic E-state index is 11.0. The number of aryl methyl sites for hydroxylation is 1. The van der Waals surface area contributed by atoms with Gasteiger partial charge in [0.05, 0.1) is 5.56 Å². The molecule has 1 aromatic rings. The van der Waals surface area contributed by atoms with Crippen LogP contribution in [0.4, 0.5) is 5.69 Å². The largest absolute Gasteiger partial charge is 0.478 e. The van der Waals surface area contributed by atoms with Crippen molar-refractivity contribution in [2.45, 2.75) is 26.8 Å². The third-order valence-corrected chi connectivity index (χ3v) is 3.96. The van der Waals surface area contributed by atoms with Crippen molar-refractivity contribution in [1.29, 1.82) is 0 Å². The van der Waals surface area contributed by atoms with Gasteiger partial charge in [-0.1, -0.05) is 6.92 Å². The fourth-order valence-corrected chi connectivity index (χ4v) is 2.83. The zero-order valence-corrected chi connectivity index (χ0v) is 11.9. The number of likely N-dealkylation sites (N-methyl/N-ethyl adjacent to an activating group) is 1. The lowest BCUT2D eigenvalue weighted by molar-refractivity contribution is 0.0697. The maximum Gasteiger partial charge on any atom is 0.335 e. The summed E-state index contributed by atoms with van der Waals surface area (Å²) in [6.45, 7) is 10.6. The normalized spacial score (nSPS) is 20.6. The molecule has 0 bridgehead atoms. The molecule has 1 fully saturated rings. The first-order valence-corrected chi connectivity index (χ1v) is 6.86. The molecule has 1 atom stereocenters. The Morgan fingerprint density at radius 2 is 2.16 bits per heavy atom. The summed E-state index contributed by atoms with van der Waals surface area (Å²) in [6.07, 6.45) is 0. The molecule has 0 saturated carbocycles. The Bertz CT molecular complexity index is 473. The van der Waals surface area contributed by atoms with Crippen LogP contribution in [0.1, 0.15) is 29.8 Å². The van der Waals surface area contributed by atoms with E-state index in [0.717, 1.165) is 37.4 Å². The first-order chi connectivity index (χ1) is 9.02. The fourth-order valence-electron chi connectivity index (χ4n) is 2.83. The van der Waals surface area contributed by atoms with Gasteiger partial charge in [-0.15, -0.1) is 0 Å². The Labute approximate surface area is 114 Å². The quantitative estimate of drug-likeness (QED) is 0.907. The van der Waals surface area contributed by atoms with Gasteiger partial charge in [0.15, 0.2) is 0 Å². The second-order valence-electron chi connectivity index (χ2n) is 5.23. The molecule has 1 heterocycles. The van der Waals surface area contributed by atoms with Crippen molar-refractivity contribution in [3.63, 3.8) is 0 Å². The lowest BCUT2D eigenvalue weighted by atomic mass is 10.1. The summed E-state index contributed by atoms with van der Waals surface area (Å²) in [6, 6.07) is 5.93. The van der Waals surface area contributed by atoms with Crippen LogP contribution in [0.2, 0.25) is 0 Å². The van der Waals surface area contributed by atoms with Gasteiger partial charge in [-0.05, 0) is 44.2 Å². The summed E-state index contributed by atoms with van der Waals surface area (Å²) >= 11 is 0. The number of aromatic carboxylic acids is 1. The Kier molecular flexibility index (Phi) is 4.10. The standard InChI is InChI=1S/C15H22N2O2/c1-4-16-7-8-17(10-12(16)3)14-6-5-13(15(18)19)9-11(14)2/h5-6,9,12H,4,7-8,10H2,1-3H3,(H,18,19). The van der Waals surface area contributed by atoms with E-state index in [1.54, 1.807) is 12.1 Å². The van der Waals surface area contributed by atoms with E-state index in [2.05, 4.69) is 23.6 Å². The summed E-state index contributed by atoms with van der Waals surface area (Å²) < 4.78 is 0. The average molecular weight is 262 g/mol. The minimum atomic E-state index is -0.862. The minimum Gasteiger partial charge on any atom is -0.478 e. The summed E-state index contributed by atoms with van der Waals surface area (Å²) in [7, 11) is 0. The van der Waals surface area contributed by atoms with Gasteiger partial charge in [0, 0.05) is 31.4 Å². The zero-order chi connectivity index (χ0) is 14.0. The van der Waals surface area contributed by atoms with Crippen molar-refractivity contribution in [2.75, 3.05) is 31.1 Å². The molecule has 0 aliphatic carbocycles. The van der Waals surface area contributed by atoms with Gasteiger partial charge in [-0.2, -0.15) is 0 Å². The second kappa shape index (κ2) is 5.61. The van der Waals surface area contributed by atoms with E-state index < -0.39 is 5.97 Å². The van der Waals surface area contributed by atoms with Gasteiger partial charge >= 0.3 is 5.97 Å². The number of carboxylic acid groups (broad SMARTS) is 1. The van der Waals surface area contributed by atoms with Gasteiger partial charge < -0.3 is 10.0 Å². The van der Waals surface area contributed by atoms with E-state index in [0.29, 0.717) is 11.6 Å². The first-order valence-electron chi connectivity index (χ1n) is 6.86. The topological polar surface area (TPSA) is 43.8 Å². The van der Waals surface area contributed by atoms with Crippen LogP contribution in [0.15, 0.2) is 18.2 Å². The molecule has 1 aliphatic heterocycles. The summed E-state index contributed by atoms with van der Waals surface area (Å²) in [4.78, 5) is 15.8. The molecule has 1 saturated heterocycles. The number of carboxylic acids is 1. The van der Waals surface area contributed by atoms with E-state index in [4.69, 9.17) is 5.11 Å². The number of hydrogen-bond acceptors (Lipinski definition) is 3. The van der Waals surface area contributed by atoms with Gasteiger partial charge in [-0.3, -0.25) is 4.90 Å². The molecule has 104 valence electrons. The highest BCUT2D eigenvalue weighted by atomic mass is 16.4. The molecule has 4 nitrogen and oxygen atoms in total. The predicted octanol–water partition coefficient (Wildman–Crippen LogP) is 2.22. The summed E-state index contributed by atoms with van der Waals surface area (Å²) in [5, 5.41) is 9.00. The van der Waals surface area contributed by atoms with E-state index in [-0.39, 0.29) is 0 Å². The van der Waals surface area contributed by atoms with E-state index in [9.17, 15) is 4.79 Å². The molecule has 0 radical (unpaired) electrons. The highest BCUT2D eigenvalue weighted by Crippen LogP contribution is 2.24. The van der Waals surface area contributed by atoms with Crippen LogP contribution in [0.3, 0.4) is 0 Å².